The van der Waals surface area contributed by atoms with E-state index < -0.39 is 17.3 Å². The van der Waals surface area contributed by atoms with Gasteiger partial charge in [0.15, 0.2) is 0 Å². The summed E-state index contributed by atoms with van der Waals surface area (Å²) in [4.78, 5) is 12.4. The van der Waals surface area contributed by atoms with Crippen molar-refractivity contribution in [3.63, 3.8) is 0 Å². The molecule has 0 aliphatic carbocycles. The minimum Gasteiger partial charge on any atom is -0.381 e. The minimum absolute atomic E-state index is 0.00211. The number of aromatic nitrogens is 2. The lowest BCUT2D eigenvalue weighted by molar-refractivity contribution is -0.137. The van der Waals surface area contributed by atoms with Crippen LogP contribution in [-0.4, -0.2) is 27.3 Å². The van der Waals surface area contributed by atoms with Gasteiger partial charge in [0.25, 0.3) is 5.56 Å². The van der Waals surface area contributed by atoms with Gasteiger partial charge in [-0.25, -0.2) is 0 Å². The molecule has 0 aliphatic rings. The molecular formula is C16H17ClF3N3OS. The Hall–Kier alpha value is -1.67. The van der Waals surface area contributed by atoms with Gasteiger partial charge >= 0.3 is 6.18 Å². The molecule has 0 fully saturated rings. The summed E-state index contributed by atoms with van der Waals surface area (Å²) in [5.41, 5.74) is -1.21. The maximum atomic E-state index is 12.8. The van der Waals surface area contributed by atoms with Crippen LogP contribution in [-0.2, 0) is 6.18 Å². The fourth-order valence-electron chi connectivity index (χ4n) is 1.93. The molecule has 4 nitrogen and oxygen atoms in total. The second kappa shape index (κ2) is 7.29. The molecular weight excluding hydrogens is 375 g/mol. The molecule has 2 aromatic rings. The van der Waals surface area contributed by atoms with E-state index in [1.54, 1.807) is 11.8 Å². The molecule has 2 rings (SSSR count). The summed E-state index contributed by atoms with van der Waals surface area (Å²) in [6.07, 6.45) is -1.21. The van der Waals surface area contributed by atoms with E-state index >= 15 is 0 Å². The Kier molecular flexibility index (Phi) is 5.73. The van der Waals surface area contributed by atoms with Crippen molar-refractivity contribution in [3.05, 3.63) is 51.4 Å². The number of halogens is 4. The third-order valence-electron chi connectivity index (χ3n) is 3.59. The smallest absolute Gasteiger partial charge is 0.381 e. The van der Waals surface area contributed by atoms with Gasteiger partial charge in [0.1, 0.15) is 5.02 Å². The quantitative estimate of drug-likeness (QED) is 0.817. The number of rotatable bonds is 5. The summed E-state index contributed by atoms with van der Waals surface area (Å²) in [7, 11) is 0. The number of thioether (sulfide) groups is 1. The van der Waals surface area contributed by atoms with E-state index in [0.717, 1.165) is 16.8 Å². The van der Waals surface area contributed by atoms with Gasteiger partial charge in [-0.15, -0.1) is 0 Å². The molecule has 25 heavy (non-hydrogen) atoms. The molecule has 9 heteroatoms. The Balaban J connectivity index is 2.37. The van der Waals surface area contributed by atoms with Crippen molar-refractivity contribution >= 4 is 29.1 Å². The average molecular weight is 392 g/mol. The third-order valence-corrected chi connectivity index (χ3v) is 5.21. The number of hydrogen-bond acceptors (Lipinski definition) is 4. The van der Waals surface area contributed by atoms with E-state index in [0.29, 0.717) is 12.2 Å². The molecule has 0 amide bonds. The summed E-state index contributed by atoms with van der Waals surface area (Å²) in [5, 5.41) is 6.87. The van der Waals surface area contributed by atoms with Gasteiger partial charge in [0.2, 0.25) is 0 Å². The van der Waals surface area contributed by atoms with Gasteiger partial charge in [-0.1, -0.05) is 17.7 Å². The van der Waals surface area contributed by atoms with Gasteiger partial charge in [-0.05, 0) is 38.3 Å². The first-order valence-electron chi connectivity index (χ1n) is 7.29. The van der Waals surface area contributed by atoms with E-state index in [9.17, 15) is 18.0 Å². The number of nitrogens with zero attached hydrogens (tertiary/aromatic N) is 2. The summed E-state index contributed by atoms with van der Waals surface area (Å²) >= 11 is 7.73. The highest BCUT2D eigenvalue weighted by Gasteiger charge is 2.30. The molecule has 0 bridgehead atoms. The van der Waals surface area contributed by atoms with Crippen LogP contribution in [0.15, 0.2) is 35.3 Å². The Morgan fingerprint density at radius 3 is 2.60 bits per heavy atom. The molecule has 0 unspecified atom stereocenters. The van der Waals surface area contributed by atoms with Crippen LogP contribution in [0.4, 0.5) is 18.9 Å². The molecule has 0 saturated heterocycles. The van der Waals surface area contributed by atoms with Gasteiger partial charge in [0.05, 0.1) is 23.1 Å². The highest BCUT2D eigenvalue weighted by Crippen LogP contribution is 2.30. The van der Waals surface area contributed by atoms with Crippen molar-refractivity contribution in [1.82, 2.24) is 9.78 Å². The van der Waals surface area contributed by atoms with E-state index in [4.69, 9.17) is 11.6 Å². The van der Waals surface area contributed by atoms with Crippen LogP contribution < -0.4 is 10.9 Å². The molecule has 136 valence electrons. The Labute approximate surface area is 152 Å². The minimum atomic E-state index is -4.51. The molecule has 0 saturated carbocycles. The normalized spacial score (nSPS) is 12.3. The molecule has 0 radical (unpaired) electrons. The first-order valence-corrected chi connectivity index (χ1v) is 8.90. The lowest BCUT2D eigenvalue weighted by atomic mass is 10.2. The SMILES string of the molecule is CSC(C)(C)CNc1cnn(-c2cccc(C(F)(F)F)c2)c(=O)c1Cl. The standard InChI is InChI=1S/C16H17ClF3N3OS/c1-15(2,25-3)9-21-12-8-22-23(14(24)13(12)17)11-6-4-5-10(7-11)16(18,19)20/h4-8,21H,9H2,1-3H3. The summed E-state index contributed by atoms with van der Waals surface area (Å²) < 4.78 is 39.2. The fraction of sp³-hybridized carbons (Fsp3) is 0.375. The Bertz CT molecular complexity index is 821. The predicted octanol–water partition coefficient (Wildman–Crippen LogP) is 4.46. The molecule has 1 heterocycles. The van der Waals surface area contributed by atoms with E-state index in [-0.39, 0.29) is 15.5 Å². The van der Waals surface area contributed by atoms with Crippen molar-refractivity contribution in [2.75, 3.05) is 18.1 Å². The zero-order chi connectivity index (χ0) is 18.8. The highest BCUT2D eigenvalue weighted by atomic mass is 35.5. The second-order valence-electron chi connectivity index (χ2n) is 5.95. The highest BCUT2D eigenvalue weighted by molar-refractivity contribution is 7.99. The number of alkyl halides is 3. The largest absolute Gasteiger partial charge is 0.416 e. The maximum Gasteiger partial charge on any atom is 0.416 e. The van der Waals surface area contributed by atoms with Gasteiger partial charge in [-0.2, -0.15) is 34.7 Å². The topological polar surface area (TPSA) is 46.9 Å². The van der Waals surface area contributed by atoms with Crippen molar-refractivity contribution in [2.24, 2.45) is 0 Å². The summed E-state index contributed by atoms with van der Waals surface area (Å²) in [6, 6.07) is 4.36. The number of benzene rings is 1. The average Bonchev–Trinajstić information content (AvgIpc) is 2.55. The first kappa shape index (κ1) is 19.7. The van der Waals surface area contributed by atoms with Gasteiger partial charge in [0, 0.05) is 11.3 Å². The molecule has 0 atom stereocenters. The summed E-state index contributed by atoms with van der Waals surface area (Å²) in [6.45, 7) is 4.59. The van der Waals surface area contributed by atoms with E-state index in [2.05, 4.69) is 10.4 Å². The van der Waals surface area contributed by atoms with Crippen LogP contribution in [0.5, 0.6) is 0 Å². The number of anilines is 1. The molecule has 1 N–H and O–H groups in total. The lowest BCUT2D eigenvalue weighted by Gasteiger charge is -2.23. The molecule has 1 aromatic carbocycles. The lowest BCUT2D eigenvalue weighted by Crippen LogP contribution is -2.28. The van der Waals surface area contributed by atoms with E-state index in [1.165, 1.54) is 18.3 Å². The van der Waals surface area contributed by atoms with Crippen LogP contribution in [0.25, 0.3) is 5.69 Å². The molecule has 0 aliphatic heterocycles. The van der Waals surface area contributed by atoms with Crippen LogP contribution in [0.2, 0.25) is 5.02 Å². The Morgan fingerprint density at radius 1 is 1.32 bits per heavy atom. The zero-order valence-electron chi connectivity index (χ0n) is 13.8. The van der Waals surface area contributed by atoms with Gasteiger partial charge < -0.3 is 5.32 Å². The van der Waals surface area contributed by atoms with E-state index in [1.807, 2.05) is 20.1 Å². The Morgan fingerprint density at radius 2 is 2.00 bits per heavy atom. The second-order valence-corrected chi connectivity index (χ2v) is 7.85. The van der Waals surface area contributed by atoms with Crippen LogP contribution >= 0.6 is 23.4 Å². The fourth-order valence-corrected chi connectivity index (χ4v) is 2.35. The van der Waals surface area contributed by atoms with Crippen molar-refractivity contribution in [3.8, 4) is 5.69 Å². The van der Waals surface area contributed by atoms with Crippen LogP contribution in [0, 0.1) is 0 Å². The van der Waals surface area contributed by atoms with Crippen molar-refractivity contribution in [2.45, 2.75) is 24.8 Å². The first-order chi connectivity index (χ1) is 11.5. The van der Waals surface area contributed by atoms with Crippen molar-refractivity contribution in [1.29, 1.82) is 0 Å². The number of hydrogen-bond donors (Lipinski definition) is 1. The molecule has 0 spiro atoms. The van der Waals surface area contributed by atoms with Gasteiger partial charge in [-0.3, -0.25) is 4.79 Å². The predicted molar refractivity (Wildman–Crippen MR) is 95.9 cm³/mol. The third kappa shape index (κ3) is 4.70. The van der Waals surface area contributed by atoms with Crippen LogP contribution in [0.3, 0.4) is 0 Å². The molecule has 1 aromatic heterocycles. The summed E-state index contributed by atoms with van der Waals surface area (Å²) in [5.74, 6) is 0. The monoisotopic (exact) mass is 391 g/mol. The van der Waals surface area contributed by atoms with Crippen molar-refractivity contribution < 1.29 is 13.2 Å². The van der Waals surface area contributed by atoms with Crippen LogP contribution in [0.1, 0.15) is 19.4 Å². The number of nitrogens with one attached hydrogen (secondary N) is 1. The zero-order valence-corrected chi connectivity index (χ0v) is 15.4. The maximum absolute atomic E-state index is 12.8.